The van der Waals surface area contributed by atoms with E-state index in [2.05, 4.69) is 10.2 Å². The van der Waals surface area contributed by atoms with E-state index in [-0.39, 0.29) is 0 Å². The summed E-state index contributed by atoms with van der Waals surface area (Å²) in [6, 6.07) is 6.02. The minimum absolute atomic E-state index is 0.551. The maximum Gasteiger partial charge on any atom is 0.127 e. The molecule has 0 spiro atoms. The van der Waals surface area contributed by atoms with E-state index >= 15 is 0 Å². The number of nitrogen functional groups attached to an aromatic ring is 1. The van der Waals surface area contributed by atoms with Crippen LogP contribution < -0.4 is 10.5 Å². The highest BCUT2D eigenvalue weighted by atomic mass is 32.2. The van der Waals surface area contributed by atoms with Gasteiger partial charge in [-0.25, -0.2) is 0 Å². The molecule has 16 heavy (non-hydrogen) atoms. The van der Waals surface area contributed by atoms with Gasteiger partial charge >= 0.3 is 0 Å². The zero-order valence-corrected chi connectivity index (χ0v) is 9.97. The molecular weight excluding hydrogens is 222 g/mol. The number of hydrogen-bond acceptors (Lipinski definition) is 4. The van der Waals surface area contributed by atoms with Crippen molar-refractivity contribution in [2.75, 3.05) is 19.1 Å². The van der Waals surface area contributed by atoms with E-state index < -0.39 is 0 Å². The van der Waals surface area contributed by atoms with Crippen LogP contribution in [0.1, 0.15) is 0 Å². The average molecular weight is 235 g/mol. The third kappa shape index (κ3) is 1.86. The Morgan fingerprint density at radius 2 is 2.19 bits per heavy atom. The van der Waals surface area contributed by atoms with Gasteiger partial charge in [0.25, 0.3) is 0 Å². The first-order valence-corrected chi connectivity index (χ1v) is 6.00. The fraction of sp³-hybridized carbons (Fsp3) is 0.182. The Bertz CT molecular complexity index is 496. The second-order valence-corrected chi connectivity index (χ2v) is 4.14. The molecule has 0 bridgehead atoms. The SMILES string of the molecule is COc1cc(SC)ccc1-c1cn[nH]c1N. The van der Waals surface area contributed by atoms with E-state index in [0.717, 1.165) is 21.8 Å². The molecule has 0 saturated heterocycles. The summed E-state index contributed by atoms with van der Waals surface area (Å²) < 4.78 is 5.36. The zero-order chi connectivity index (χ0) is 11.5. The number of nitrogens with one attached hydrogen (secondary N) is 1. The minimum atomic E-state index is 0.551. The molecule has 0 radical (unpaired) electrons. The van der Waals surface area contributed by atoms with Gasteiger partial charge in [0.1, 0.15) is 11.6 Å². The van der Waals surface area contributed by atoms with Crippen LogP contribution in [0.5, 0.6) is 5.75 Å². The summed E-state index contributed by atoms with van der Waals surface area (Å²) in [6.07, 6.45) is 3.73. The third-order valence-corrected chi connectivity index (χ3v) is 3.09. The highest BCUT2D eigenvalue weighted by Crippen LogP contribution is 2.35. The molecule has 2 rings (SSSR count). The molecule has 0 unspecified atom stereocenters. The normalized spacial score (nSPS) is 10.4. The van der Waals surface area contributed by atoms with Crippen LogP contribution in [0, 0.1) is 0 Å². The van der Waals surface area contributed by atoms with Crippen molar-refractivity contribution in [2.24, 2.45) is 0 Å². The maximum absolute atomic E-state index is 5.79. The number of benzene rings is 1. The summed E-state index contributed by atoms with van der Waals surface area (Å²) in [6.45, 7) is 0. The van der Waals surface area contributed by atoms with E-state index in [4.69, 9.17) is 10.5 Å². The average Bonchev–Trinajstić information content (AvgIpc) is 2.74. The molecule has 5 heteroatoms. The lowest BCUT2D eigenvalue weighted by Gasteiger charge is -2.08. The molecule has 0 fully saturated rings. The number of methoxy groups -OCH3 is 1. The standard InChI is InChI=1S/C11H13N3OS/c1-15-10-5-7(16-2)3-4-8(10)9-6-13-14-11(9)12/h3-6H,1-2H3,(H3,12,13,14). The van der Waals surface area contributed by atoms with Gasteiger partial charge in [0, 0.05) is 16.0 Å². The summed E-state index contributed by atoms with van der Waals surface area (Å²) >= 11 is 1.67. The molecule has 1 aromatic heterocycles. The molecule has 4 nitrogen and oxygen atoms in total. The largest absolute Gasteiger partial charge is 0.496 e. The molecule has 1 heterocycles. The molecule has 84 valence electrons. The van der Waals surface area contributed by atoms with E-state index in [1.54, 1.807) is 25.1 Å². The molecule has 0 aliphatic heterocycles. The van der Waals surface area contributed by atoms with Gasteiger partial charge in [0.05, 0.1) is 13.3 Å². The van der Waals surface area contributed by atoms with Gasteiger partial charge < -0.3 is 10.5 Å². The first-order chi connectivity index (χ1) is 7.76. The van der Waals surface area contributed by atoms with Crippen molar-refractivity contribution in [2.45, 2.75) is 4.90 Å². The molecule has 3 N–H and O–H groups in total. The lowest BCUT2D eigenvalue weighted by Crippen LogP contribution is -1.91. The fourth-order valence-electron chi connectivity index (χ4n) is 1.53. The Balaban J connectivity index is 2.53. The fourth-order valence-corrected chi connectivity index (χ4v) is 1.96. The zero-order valence-electron chi connectivity index (χ0n) is 9.15. The van der Waals surface area contributed by atoms with Gasteiger partial charge in [-0.05, 0) is 24.5 Å². The third-order valence-electron chi connectivity index (χ3n) is 2.37. The van der Waals surface area contributed by atoms with Crippen LogP contribution in [0.25, 0.3) is 11.1 Å². The molecule has 0 aliphatic rings. The molecule has 0 amide bonds. The van der Waals surface area contributed by atoms with Gasteiger partial charge in [-0.1, -0.05) is 0 Å². The van der Waals surface area contributed by atoms with Crippen LogP contribution in [-0.4, -0.2) is 23.6 Å². The number of rotatable bonds is 3. The molecular formula is C11H13N3OS. The van der Waals surface area contributed by atoms with Gasteiger partial charge in [0.15, 0.2) is 0 Å². The highest BCUT2D eigenvalue weighted by molar-refractivity contribution is 7.98. The summed E-state index contributed by atoms with van der Waals surface area (Å²) in [4.78, 5) is 1.16. The summed E-state index contributed by atoms with van der Waals surface area (Å²) in [7, 11) is 1.65. The molecule has 1 aromatic carbocycles. The Hall–Kier alpha value is -1.62. The summed E-state index contributed by atoms with van der Waals surface area (Å²) in [5.41, 5.74) is 7.60. The molecule has 0 atom stereocenters. The van der Waals surface area contributed by atoms with Crippen molar-refractivity contribution < 1.29 is 4.74 Å². The predicted molar refractivity (Wildman–Crippen MR) is 66.8 cm³/mol. The van der Waals surface area contributed by atoms with Crippen LogP contribution in [0.3, 0.4) is 0 Å². The number of nitrogens with two attached hydrogens (primary N) is 1. The number of H-pyrrole nitrogens is 1. The summed E-state index contributed by atoms with van der Waals surface area (Å²) in [5.74, 6) is 1.36. The van der Waals surface area contributed by atoms with Crippen LogP contribution in [0.15, 0.2) is 29.3 Å². The quantitative estimate of drug-likeness (QED) is 0.802. The minimum Gasteiger partial charge on any atom is -0.496 e. The van der Waals surface area contributed by atoms with Crippen LogP contribution in [0.2, 0.25) is 0 Å². The number of nitrogens with zero attached hydrogens (tertiary/aromatic N) is 1. The van der Waals surface area contributed by atoms with Gasteiger partial charge in [0.2, 0.25) is 0 Å². The number of ether oxygens (including phenoxy) is 1. The van der Waals surface area contributed by atoms with Crippen LogP contribution >= 0.6 is 11.8 Å². The second-order valence-electron chi connectivity index (χ2n) is 3.26. The van der Waals surface area contributed by atoms with Crippen LogP contribution in [0.4, 0.5) is 5.82 Å². The Morgan fingerprint density at radius 3 is 2.75 bits per heavy atom. The second kappa shape index (κ2) is 4.49. The Labute approximate surface area is 98.2 Å². The van der Waals surface area contributed by atoms with E-state index in [1.165, 1.54) is 0 Å². The lowest BCUT2D eigenvalue weighted by molar-refractivity contribution is 0.415. The molecule has 0 aliphatic carbocycles. The number of anilines is 1. The summed E-state index contributed by atoms with van der Waals surface area (Å²) in [5, 5.41) is 6.62. The molecule has 0 saturated carbocycles. The smallest absolute Gasteiger partial charge is 0.127 e. The van der Waals surface area contributed by atoms with Gasteiger partial charge in [-0.15, -0.1) is 11.8 Å². The number of hydrogen-bond donors (Lipinski definition) is 2. The van der Waals surface area contributed by atoms with E-state index in [0.29, 0.717) is 5.82 Å². The number of aromatic amines is 1. The molecule has 2 aromatic rings. The van der Waals surface area contributed by atoms with E-state index in [1.807, 2.05) is 24.5 Å². The van der Waals surface area contributed by atoms with E-state index in [9.17, 15) is 0 Å². The van der Waals surface area contributed by atoms with Gasteiger partial charge in [-0.2, -0.15) is 5.10 Å². The first-order valence-electron chi connectivity index (χ1n) is 4.77. The highest BCUT2D eigenvalue weighted by Gasteiger charge is 2.10. The topological polar surface area (TPSA) is 63.9 Å². The van der Waals surface area contributed by atoms with Crippen molar-refractivity contribution in [1.29, 1.82) is 0 Å². The van der Waals surface area contributed by atoms with Crippen molar-refractivity contribution in [3.8, 4) is 16.9 Å². The first kappa shape index (κ1) is 10.9. The van der Waals surface area contributed by atoms with Crippen molar-refractivity contribution in [3.63, 3.8) is 0 Å². The predicted octanol–water partition coefficient (Wildman–Crippen LogP) is 2.39. The van der Waals surface area contributed by atoms with Crippen molar-refractivity contribution >= 4 is 17.6 Å². The Kier molecular flexibility index (Phi) is 3.05. The number of aromatic nitrogens is 2. The van der Waals surface area contributed by atoms with Crippen molar-refractivity contribution in [3.05, 3.63) is 24.4 Å². The maximum atomic E-state index is 5.79. The van der Waals surface area contributed by atoms with Crippen molar-refractivity contribution in [1.82, 2.24) is 10.2 Å². The Morgan fingerprint density at radius 1 is 1.38 bits per heavy atom. The monoisotopic (exact) mass is 235 g/mol. The number of thioether (sulfide) groups is 1. The van der Waals surface area contributed by atoms with Gasteiger partial charge in [-0.3, -0.25) is 5.10 Å². The lowest BCUT2D eigenvalue weighted by atomic mass is 10.1. The van der Waals surface area contributed by atoms with Crippen LogP contribution in [-0.2, 0) is 0 Å².